The van der Waals surface area contributed by atoms with E-state index in [9.17, 15) is 0 Å². The van der Waals surface area contributed by atoms with Gasteiger partial charge in [-0.3, -0.25) is 0 Å². The van der Waals surface area contributed by atoms with Crippen LogP contribution in [0.1, 0.15) is 12.8 Å². The molecule has 1 radical (unpaired) electrons. The second-order valence-corrected chi connectivity index (χ2v) is 3.01. The van der Waals surface area contributed by atoms with Crippen LogP contribution < -0.4 is 0 Å². The first-order valence-corrected chi connectivity index (χ1v) is 3.54. The first kappa shape index (κ1) is 5.48. The lowest BCUT2D eigenvalue weighted by Gasteiger charge is -2.12. The molecule has 1 N–H and O–H groups in total. The van der Waals surface area contributed by atoms with E-state index in [2.05, 4.69) is 12.2 Å². The average molecular weight is 123 g/mol. The molecule has 2 aliphatic rings. The summed E-state index contributed by atoms with van der Waals surface area (Å²) in [5, 5.41) is 8.82. The van der Waals surface area contributed by atoms with Gasteiger partial charge in [0.1, 0.15) is 0 Å². The Morgan fingerprint density at radius 1 is 1.56 bits per heavy atom. The third kappa shape index (κ3) is 0.715. The lowest BCUT2D eigenvalue weighted by Crippen LogP contribution is -2.08. The van der Waals surface area contributed by atoms with Crippen molar-refractivity contribution in [3.05, 3.63) is 18.1 Å². The normalized spacial score (nSPS) is 40.6. The fourth-order valence-corrected chi connectivity index (χ4v) is 1.90. The predicted octanol–water partition coefficient (Wildman–Crippen LogP) is 1.15. The van der Waals surface area contributed by atoms with E-state index in [0.29, 0.717) is 12.5 Å². The largest absolute Gasteiger partial charge is 0.396 e. The molecule has 2 bridgehead atoms. The zero-order chi connectivity index (χ0) is 6.27. The Hall–Kier alpha value is -0.300. The zero-order valence-corrected chi connectivity index (χ0v) is 5.38. The molecule has 1 heteroatoms. The van der Waals surface area contributed by atoms with Crippen molar-refractivity contribution in [2.45, 2.75) is 12.8 Å². The fourth-order valence-electron chi connectivity index (χ4n) is 1.90. The van der Waals surface area contributed by atoms with Crippen LogP contribution in [0.3, 0.4) is 0 Å². The SMILES string of the molecule is OC[C]1CC2C=CC1C2. The van der Waals surface area contributed by atoms with E-state index in [1.807, 2.05) is 0 Å². The Balaban J connectivity index is 2.10. The number of rotatable bonds is 1. The Morgan fingerprint density at radius 2 is 2.44 bits per heavy atom. The van der Waals surface area contributed by atoms with Crippen LogP contribution in [-0.2, 0) is 0 Å². The van der Waals surface area contributed by atoms with Crippen molar-refractivity contribution < 1.29 is 5.11 Å². The first-order chi connectivity index (χ1) is 4.40. The minimum absolute atomic E-state index is 0.311. The van der Waals surface area contributed by atoms with Crippen molar-refractivity contribution in [2.24, 2.45) is 11.8 Å². The number of hydrogen-bond acceptors (Lipinski definition) is 1. The van der Waals surface area contributed by atoms with Crippen molar-refractivity contribution in [3.8, 4) is 0 Å². The van der Waals surface area contributed by atoms with Gasteiger partial charge >= 0.3 is 0 Å². The summed E-state index contributed by atoms with van der Waals surface area (Å²) in [5.74, 6) is 2.76. The molecule has 0 spiro atoms. The van der Waals surface area contributed by atoms with Gasteiger partial charge in [0.25, 0.3) is 0 Å². The molecule has 0 aromatic carbocycles. The van der Waals surface area contributed by atoms with Gasteiger partial charge in [0, 0.05) is 12.5 Å². The topological polar surface area (TPSA) is 20.2 Å². The fraction of sp³-hybridized carbons (Fsp3) is 0.625. The molecule has 1 fully saturated rings. The Kier molecular flexibility index (Phi) is 1.12. The highest BCUT2D eigenvalue weighted by molar-refractivity contribution is 5.21. The molecule has 49 valence electrons. The lowest BCUT2D eigenvalue weighted by atomic mass is 9.95. The third-order valence-corrected chi connectivity index (χ3v) is 2.42. The number of fused-ring (bicyclic) bond motifs is 2. The van der Waals surface area contributed by atoms with Crippen molar-refractivity contribution in [3.63, 3.8) is 0 Å². The first-order valence-electron chi connectivity index (χ1n) is 3.54. The molecule has 2 aliphatic carbocycles. The molecule has 0 amide bonds. The highest BCUT2D eigenvalue weighted by atomic mass is 16.3. The lowest BCUT2D eigenvalue weighted by molar-refractivity contribution is 0.293. The van der Waals surface area contributed by atoms with Gasteiger partial charge < -0.3 is 5.11 Å². The van der Waals surface area contributed by atoms with Gasteiger partial charge in [0.05, 0.1) is 0 Å². The Morgan fingerprint density at radius 3 is 2.78 bits per heavy atom. The maximum absolute atomic E-state index is 8.82. The number of aliphatic hydroxyl groups is 1. The van der Waals surface area contributed by atoms with Gasteiger partial charge in [0.15, 0.2) is 0 Å². The van der Waals surface area contributed by atoms with Crippen LogP contribution >= 0.6 is 0 Å². The molecule has 0 aromatic heterocycles. The monoisotopic (exact) mass is 123 g/mol. The van der Waals surface area contributed by atoms with Gasteiger partial charge in [0.2, 0.25) is 0 Å². The maximum atomic E-state index is 8.82. The van der Waals surface area contributed by atoms with Crippen LogP contribution in [0.15, 0.2) is 12.2 Å². The standard InChI is InChI=1S/C8H11O/c9-5-8-4-6-1-2-7(8)3-6/h1-2,6-7,9H,3-5H2. The molecule has 2 unspecified atom stereocenters. The quantitative estimate of drug-likeness (QED) is 0.518. The summed E-state index contributed by atoms with van der Waals surface area (Å²) in [5.41, 5.74) is 0. The van der Waals surface area contributed by atoms with E-state index in [0.717, 1.165) is 12.3 Å². The minimum Gasteiger partial charge on any atom is -0.396 e. The van der Waals surface area contributed by atoms with Crippen molar-refractivity contribution in [1.82, 2.24) is 0 Å². The third-order valence-electron chi connectivity index (χ3n) is 2.42. The molecule has 9 heavy (non-hydrogen) atoms. The van der Waals surface area contributed by atoms with Crippen molar-refractivity contribution in [2.75, 3.05) is 6.61 Å². The summed E-state index contributed by atoms with van der Waals surface area (Å²) < 4.78 is 0. The van der Waals surface area contributed by atoms with E-state index in [1.165, 1.54) is 12.3 Å². The van der Waals surface area contributed by atoms with Crippen molar-refractivity contribution in [1.29, 1.82) is 0 Å². The van der Waals surface area contributed by atoms with Crippen molar-refractivity contribution >= 4 is 0 Å². The zero-order valence-electron chi connectivity index (χ0n) is 5.38. The average Bonchev–Trinajstić information content (AvgIpc) is 2.45. The molecule has 2 atom stereocenters. The van der Waals surface area contributed by atoms with E-state index in [4.69, 9.17) is 5.11 Å². The van der Waals surface area contributed by atoms with Crippen LogP contribution in [-0.4, -0.2) is 11.7 Å². The van der Waals surface area contributed by atoms with E-state index >= 15 is 0 Å². The summed E-state index contributed by atoms with van der Waals surface area (Å²) in [7, 11) is 0. The highest BCUT2D eigenvalue weighted by Gasteiger charge is 2.35. The second kappa shape index (κ2) is 1.84. The van der Waals surface area contributed by atoms with Gasteiger partial charge in [-0.15, -0.1) is 0 Å². The van der Waals surface area contributed by atoms with Crippen LogP contribution in [0.5, 0.6) is 0 Å². The van der Waals surface area contributed by atoms with Crippen LogP contribution in [0.2, 0.25) is 0 Å². The summed E-state index contributed by atoms with van der Waals surface area (Å²) in [6, 6.07) is 0. The predicted molar refractivity (Wildman–Crippen MR) is 35.7 cm³/mol. The van der Waals surface area contributed by atoms with E-state index < -0.39 is 0 Å². The summed E-state index contributed by atoms with van der Waals surface area (Å²) in [4.78, 5) is 0. The van der Waals surface area contributed by atoms with Crippen LogP contribution in [0, 0.1) is 17.8 Å². The number of allylic oxidation sites excluding steroid dienone is 2. The molecule has 0 aliphatic heterocycles. The van der Waals surface area contributed by atoms with Gasteiger partial charge in [-0.05, 0) is 24.7 Å². The molecule has 0 heterocycles. The smallest absolute Gasteiger partial charge is 0.0499 e. The molecule has 0 aromatic rings. The van der Waals surface area contributed by atoms with Gasteiger partial charge in [-0.25, -0.2) is 0 Å². The summed E-state index contributed by atoms with van der Waals surface area (Å²) in [6.07, 6.45) is 6.94. The number of aliphatic hydroxyl groups excluding tert-OH is 1. The summed E-state index contributed by atoms with van der Waals surface area (Å²) in [6.45, 7) is 0.311. The number of hydrogen-bond donors (Lipinski definition) is 1. The van der Waals surface area contributed by atoms with Gasteiger partial charge in [-0.1, -0.05) is 12.2 Å². The highest BCUT2D eigenvalue weighted by Crippen LogP contribution is 2.44. The van der Waals surface area contributed by atoms with E-state index in [1.54, 1.807) is 0 Å². The minimum atomic E-state index is 0.311. The van der Waals surface area contributed by atoms with E-state index in [-0.39, 0.29) is 0 Å². The summed E-state index contributed by atoms with van der Waals surface area (Å²) >= 11 is 0. The second-order valence-electron chi connectivity index (χ2n) is 3.01. The molecule has 2 rings (SSSR count). The molecule has 1 saturated carbocycles. The van der Waals surface area contributed by atoms with Gasteiger partial charge in [-0.2, -0.15) is 0 Å². The van der Waals surface area contributed by atoms with Crippen LogP contribution in [0.4, 0.5) is 0 Å². The molecule has 1 nitrogen and oxygen atoms in total. The molecule has 0 saturated heterocycles. The maximum Gasteiger partial charge on any atom is 0.0499 e. The molecular weight excluding hydrogens is 112 g/mol. The Bertz CT molecular complexity index is 140. The molecular formula is C8H11O. The van der Waals surface area contributed by atoms with Crippen LogP contribution in [0.25, 0.3) is 0 Å². The Labute approximate surface area is 55.4 Å².